The Labute approximate surface area is 103 Å². The summed E-state index contributed by atoms with van der Waals surface area (Å²) in [5.41, 5.74) is 5.78. The molecule has 1 aromatic heterocycles. The van der Waals surface area contributed by atoms with Gasteiger partial charge in [-0.15, -0.1) is 10.2 Å². The fourth-order valence-corrected chi connectivity index (χ4v) is 2.11. The van der Waals surface area contributed by atoms with Crippen LogP contribution >= 0.6 is 0 Å². The minimum atomic E-state index is 0.249. The number of rotatable bonds is 1. The molecule has 1 aliphatic heterocycles. The van der Waals surface area contributed by atoms with Crippen molar-refractivity contribution < 1.29 is 0 Å². The zero-order valence-electron chi connectivity index (χ0n) is 10.8. The zero-order valence-corrected chi connectivity index (χ0v) is 10.8. The second kappa shape index (κ2) is 4.49. The molecule has 5 nitrogen and oxygen atoms in total. The molecule has 2 N–H and O–H groups in total. The third-order valence-corrected chi connectivity index (χ3v) is 3.22. The van der Waals surface area contributed by atoms with E-state index < -0.39 is 0 Å². The van der Waals surface area contributed by atoms with Crippen molar-refractivity contribution in [3.05, 3.63) is 12.1 Å². The standard InChI is InChI=1S/C12H21N5/c1-12(2,3)17-8-6-16(7-9-17)11-5-4-10(13)14-15-11/h4-5H,6-9H2,1-3H3,(H2,13,14). The molecule has 5 heteroatoms. The maximum atomic E-state index is 5.53. The molecule has 1 saturated heterocycles. The minimum Gasteiger partial charge on any atom is -0.382 e. The fourth-order valence-electron chi connectivity index (χ4n) is 2.11. The van der Waals surface area contributed by atoms with Crippen molar-refractivity contribution in [1.29, 1.82) is 0 Å². The second-order valence-corrected chi connectivity index (χ2v) is 5.46. The first-order valence-corrected chi connectivity index (χ1v) is 6.06. The highest BCUT2D eigenvalue weighted by atomic mass is 15.3. The van der Waals surface area contributed by atoms with Crippen molar-refractivity contribution in [2.45, 2.75) is 26.3 Å². The molecule has 0 radical (unpaired) electrons. The quantitative estimate of drug-likeness (QED) is 0.786. The van der Waals surface area contributed by atoms with Crippen LogP contribution in [-0.2, 0) is 0 Å². The number of hydrogen-bond donors (Lipinski definition) is 1. The fraction of sp³-hybridized carbons (Fsp3) is 0.667. The van der Waals surface area contributed by atoms with E-state index in [-0.39, 0.29) is 5.54 Å². The molecule has 0 unspecified atom stereocenters. The molecular formula is C12H21N5. The molecule has 0 spiro atoms. The number of piperazine rings is 1. The molecule has 0 saturated carbocycles. The summed E-state index contributed by atoms with van der Waals surface area (Å²) in [5, 5.41) is 8.02. The van der Waals surface area contributed by atoms with Gasteiger partial charge in [0.1, 0.15) is 5.82 Å². The van der Waals surface area contributed by atoms with Crippen LogP contribution in [-0.4, -0.2) is 46.8 Å². The first-order valence-electron chi connectivity index (χ1n) is 6.06. The molecule has 2 heterocycles. The number of nitrogens with zero attached hydrogens (tertiary/aromatic N) is 4. The van der Waals surface area contributed by atoms with E-state index in [2.05, 4.69) is 40.8 Å². The van der Waals surface area contributed by atoms with Gasteiger partial charge in [0.15, 0.2) is 5.82 Å². The Kier molecular flexibility index (Phi) is 3.19. The Hall–Kier alpha value is -1.36. The molecule has 2 rings (SSSR count). The molecule has 0 aromatic carbocycles. The summed E-state index contributed by atoms with van der Waals surface area (Å²) in [5.74, 6) is 1.40. The van der Waals surface area contributed by atoms with E-state index in [1.165, 1.54) is 0 Å². The largest absolute Gasteiger partial charge is 0.382 e. The Morgan fingerprint density at radius 2 is 1.71 bits per heavy atom. The van der Waals surface area contributed by atoms with Crippen molar-refractivity contribution in [2.75, 3.05) is 36.8 Å². The first-order chi connectivity index (χ1) is 7.97. The van der Waals surface area contributed by atoms with Gasteiger partial charge in [-0.1, -0.05) is 0 Å². The van der Waals surface area contributed by atoms with Crippen LogP contribution in [0.2, 0.25) is 0 Å². The van der Waals surface area contributed by atoms with Crippen LogP contribution < -0.4 is 10.6 Å². The second-order valence-electron chi connectivity index (χ2n) is 5.46. The summed E-state index contributed by atoms with van der Waals surface area (Å²) < 4.78 is 0. The van der Waals surface area contributed by atoms with Crippen molar-refractivity contribution in [2.24, 2.45) is 0 Å². The molecule has 17 heavy (non-hydrogen) atoms. The normalized spacial score (nSPS) is 18.4. The van der Waals surface area contributed by atoms with Gasteiger partial charge < -0.3 is 10.6 Å². The molecule has 1 aromatic rings. The van der Waals surface area contributed by atoms with Crippen LogP contribution in [0, 0.1) is 0 Å². The van der Waals surface area contributed by atoms with Crippen LogP contribution in [0.1, 0.15) is 20.8 Å². The first kappa shape index (κ1) is 12.1. The lowest BCUT2D eigenvalue weighted by atomic mass is 10.1. The summed E-state index contributed by atoms with van der Waals surface area (Å²) in [6.45, 7) is 10.9. The summed E-state index contributed by atoms with van der Waals surface area (Å²) >= 11 is 0. The highest BCUT2D eigenvalue weighted by Gasteiger charge is 2.26. The number of aromatic nitrogens is 2. The molecule has 1 aliphatic rings. The lowest BCUT2D eigenvalue weighted by Crippen LogP contribution is -2.53. The molecule has 0 aliphatic carbocycles. The van der Waals surface area contributed by atoms with Gasteiger partial charge in [-0.25, -0.2) is 0 Å². The molecular weight excluding hydrogens is 214 g/mol. The Balaban J connectivity index is 1.97. The third kappa shape index (κ3) is 2.85. The highest BCUT2D eigenvalue weighted by molar-refractivity contribution is 5.41. The van der Waals surface area contributed by atoms with Gasteiger partial charge in [-0.05, 0) is 32.9 Å². The van der Waals surface area contributed by atoms with Crippen LogP contribution in [0.4, 0.5) is 11.6 Å². The molecule has 94 valence electrons. The summed E-state index contributed by atoms with van der Waals surface area (Å²) in [4.78, 5) is 4.75. The molecule has 0 atom stereocenters. The zero-order chi connectivity index (χ0) is 12.5. The van der Waals surface area contributed by atoms with E-state index >= 15 is 0 Å². The van der Waals surface area contributed by atoms with E-state index in [0.717, 1.165) is 32.0 Å². The van der Waals surface area contributed by atoms with Gasteiger partial charge >= 0.3 is 0 Å². The lowest BCUT2D eigenvalue weighted by molar-refractivity contribution is 0.128. The van der Waals surface area contributed by atoms with Gasteiger partial charge in [-0.3, -0.25) is 4.90 Å². The van der Waals surface area contributed by atoms with Gasteiger partial charge in [0.05, 0.1) is 0 Å². The van der Waals surface area contributed by atoms with Crippen molar-refractivity contribution in [3.8, 4) is 0 Å². The lowest BCUT2D eigenvalue weighted by Gasteiger charge is -2.42. The maximum absolute atomic E-state index is 5.53. The van der Waals surface area contributed by atoms with Crippen LogP contribution in [0.25, 0.3) is 0 Å². The van der Waals surface area contributed by atoms with E-state index in [9.17, 15) is 0 Å². The molecule has 0 bridgehead atoms. The van der Waals surface area contributed by atoms with Crippen molar-refractivity contribution in [3.63, 3.8) is 0 Å². The van der Waals surface area contributed by atoms with E-state index in [4.69, 9.17) is 5.73 Å². The predicted molar refractivity (Wildman–Crippen MR) is 70.0 cm³/mol. The van der Waals surface area contributed by atoms with E-state index in [1.54, 1.807) is 6.07 Å². The number of hydrogen-bond acceptors (Lipinski definition) is 5. The molecule has 0 amide bonds. The van der Waals surface area contributed by atoms with Crippen LogP contribution in [0.15, 0.2) is 12.1 Å². The van der Waals surface area contributed by atoms with Crippen LogP contribution in [0.5, 0.6) is 0 Å². The number of nitrogens with two attached hydrogens (primary N) is 1. The smallest absolute Gasteiger partial charge is 0.151 e. The Morgan fingerprint density at radius 1 is 1.06 bits per heavy atom. The molecule has 1 fully saturated rings. The SMILES string of the molecule is CC(C)(C)N1CCN(c2ccc(N)nn2)CC1. The Morgan fingerprint density at radius 3 is 2.18 bits per heavy atom. The topological polar surface area (TPSA) is 58.3 Å². The monoisotopic (exact) mass is 235 g/mol. The minimum absolute atomic E-state index is 0.249. The van der Waals surface area contributed by atoms with Crippen molar-refractivity contribution in [1.82, 2.24) is 15.1 Å². The van der Waals surface area contributed by atoms with E-state index in [0.29, 0.717) is 5.82 Å². The van der Waals surface area contributed by atoms with Crippen molar-refractivity contribution >= 4 is 11.6 Å². The van der Waals surface area contributed by atoms with Gasteiger partial charge in [-0.2, -0.15) is 0 Å². The number of nitrogen functional groups attached to an aromatic ring is 1. The maximum Gasteiger partial charge on any atom is 0.151 e. The average molecular weight is 235 g/mol. The van der Waals surface area contributed by atoms with Gasteiger partial charge in [0, 0.05) is 31.7 Å². The summed E-state index contributed by atoms with van der Waals surface area (Å²) in [6.07, 6.45) is 0. The number of anilines is 2. The average Bonchev–Trinajstić information content (AvgIpc) is 2.29. The van der Waals surface area contributed by atoms with Crippen LogP contribution in [0.3, 0.4) is 0 Å². The summed E-state index contributed by atoms with van der Waals surface area (Å²) in [7, 11) is 0. The highest BCUT2D eigenvalue weighted by Crippen LogP contribution is 2.18. The predicted octanol–water partition coefficient (Wildman–Crippen LogP) is 0.979. The third-order valence-electron chi connectivity index (χ3n) is 3.22. The Bertz CT molecular complexity index is 359. The van der Waals surface area contributed by atoms with Gasteiger partial charge in [0.2, 0.25) is 0 Å². The van der Waals surface area contributed by atoms with Gasteiger partial charge in [0.25, 0.3) is 0 Å². The van der Waals surface area contributed by atoms with E-state index in [1.807, 2.05) is 6.07 Å². The summed E-state index contributed by atoms with van der Waals surface area (Å²) in [6, 6.07) is 3.74.